The monoisotopic (exact) mass is 255 g/mol. The molecular weight excluding hydrogens is 226 g/mol. The lowest BCUT2D eigenvalue weighted by molar-refractivity contribution is -0.160. The van der Waals surface area contributed by atoms with Crippen LogP contribution in [0.3, 0.4) is 0 Å². The molecule has 0 bridgehead atoms. The molecule has 1 rings (SSSR count). The van der Waals surface area contributed by atoms with Crippen LogP contribution in [-0.4, -0.2) is 35.6 Å². The number of hydrogen-bond donors (Lipinski definition) is 0. The summed E-state index contributed by atoms with van der Waals surface area (Å²) >= 11 is 0. The highest BCUT2D eigenvalue weighted by molar-refractivity contribution is 5.75. The van der Waals surface area contributed by atoms with Crippen LogP contribution in [-0.2, 0) is 9.53 Å². The second-order valence-electron chi connectivity index (χ2n) is 6.64. The topological polar surface area (TPSA) is 29.5 Å². The molecule has 1 fully saturated rings. The molecule has 0 aliphatic carbocycles. The van der Waals surface area contributed by atoms with Gasteiger partial charge in [0.2, 0.25) is 0 Å². The van der Waals surface area contributed by atoms with Gasteiger partial charge in [0, 0.05) is 6.54 Å². The number of rotatable bonds is 4. The average Bonchev–Trinajstić information content (AvgIpc) is 2.70. The molecule has 1 atom stereocenters. The summed E-state index contributed by atoms with van der Waals surface area (Å²) in [6, 6.07) is -0.121. The minimum absolute atomic E-state index is 0.0921. The summed E-state index contributed by atoms with van der Waals surface area (Å²) in [4.78, 5) is 14.3. The third-order valence-corrected chi connectivity index (χ3v) is 4.26. The van der Waals surface area contributed by atoms with Gasteiger partial charge in [-0.1, -0.05) is 13.8 Å². The molecule has 0 N–H and O–H groups in total. The fraction of sp³-hybridized carbons (Fsp3) is 0.933. The molecule has 0 spiro atoms. The first-order valence-electron chi connectivity index (χ1n) is 7.20. The maximum Gasteiger partial charge on any atom is 0.323 e. The third-order valence-electron chi connectivity index (χ3n) is 4.26. The average molecular weight is 255 g/mol. The van der Waals surface area contributed by atoms with Crippen LogP contribution in [0.1, 0.15) is 60.8 Å². The van der Waals surface area contributed by atoms with E-state index in [2.05, 4.69) is 18.7 Å². The van der Waals surface area contributed by atoms with E-state index in [0.717, 1.165) is 13.1 Å². The van der Waals surface area contributed by atoms with E-state index >= 15 is 0 Å². The standard InChI is InChI=1S/C15H29NO2/c1-7-15(8-2)9-10-16(11-15)12(3)13(17)18-14(4,5)6/h12H,7-11H2,1-6H3. The minimum atomic E-state index is -0.391. The lowest BCUT2D eigenvalue weighted by Crippen LogP contribution is -2.42. The zero-order chi connectivity index (χ0) is 14.0. The molecular formula is C15H29NO2. The van der Waals surface area contributed by atoms with Crippen molar-refractivity contribution in [2.75, 3.05) is 13.1 Å². The van der Waals surface area contributed by atoms with Gasteiger partial charge in [-0.25, -0.2) is 0 Å². The Balaban J connectivity index is 2.59. The summed E-state index contributed by atoms with van der Waals surface area (Å²) in [6.07, 6.45) is 3.59. The highest BCUT2D eigenvalue weighted by Gasteiger charge is 2.39. The van der Waals surface area contributed by atoms with Gasteiger partial charge in [0.05, 0.1) is 0 Å². The van der Waals surface area contributed by atoms with Gasteiger partial charge in [0.1, 0.15) is 11.6 Å². The van der Waals surface area contributed by atoms with E-state index in [1.165, 1.54) is 19.3 Å². The van der Waals surface area contributed by atoms with Crippen molar-refractivity contribution in [3.63, 3.8) is 0 Å². The predicted octanol–water partition coefficient (Wildman–Crippen LogP) is 3.23. The molecule has 1 aliphatic heterocycles. The van der Waals surface area contributed by atoms with E-state index in [4.69, 9.17) is 4.74 Å². The van der Waals surface area contributed by atoms with E-state index in [0.29, 0.717) is 5.41 Å². The number of hydrogen-bond acceptors (Lipinski definition) is 3. The highest BCUT2D eigenvalue weighted by Crippen LogP contribution is 2.37. The number of carbonyl (C=O) groups excluding carboxylic acids is 1. The molecule has 1 saturated heterocycles. The number of likely N-dealkylation sites (tertiary alicyclic amines) is 1. The van der Waals surface area contributed by atoms with Gasteiger partial charge in [-0.3, -0.25) is 9.69 Å². The van der Waals surface area contributed by atoms with Crippen molar-refractivity contribution >= 4 is 5.97 Å². The summed E-state index contributed by atoms with van der Waals surface area (Å²) in [7, 11) is 0. The highest BCUT2D eigenvalue weighted by atomic mass is 16.6. The van der Waals surface area contributed by atoms with Gasteiger partial charge in [0.15, 0.2) is 0 Å². The van der Waals surface area contributed by atoms with E-state index in [9.17, 15) is 4.79 Å². The molecule has 0 aromatic carbocycles. The van der Waals surface area contributed by atoms with Crippen LogP contribution in [0.15, 0.2) is 0 Å². The normalized spacial score (nSPS) is 21.9. The molecule has 1 aliphatic rings. The van der Waals surface area contributed by atoms with Crippen molar-refractivity contribution in [1.29, 1.82) is 0 Å². The lowest BCUT2D eigenvalue weighted by atomic mass is 9.82. The zero-order valence-corrected chi connectivity index (χ0v) is 12.9. The van der Waals surface area contributed by atoms with Gasteiger partial charge in [-0.2, -0.15) is 0 Å². The van der Waals surface area contributed by atoms with E-state index in [-0.39, 0.29) is 12.0 Å². The maximum atomic E-state index is 12.1. The van der Waals surface area contributed by atoms with Crippen LogP contribution >= 0.6 is 0 Å². The summed E-state index contributed by atoms with van der Waals surface area (Å²) in [5.41, 5.74) is 0.0218. The second-order valence-corrected chi connectivity index (χ2v) is 6.64. The Morgan fingerprint density at radius 1 is 1.33 bits per heavy atom. The molecule has 0 amide bonds. The minimum Gasteiger partial charge on any atom is -0.459 e. The summed E-state index contributed by atoms with van der Waals surface area (Å²) in [5.74, 6) is -0.0921. The molecule has 0 aromatic heterocycles. The van der Waals surface area contributed by atoms with Crippen LogP contribution in [0.2, 0.25) is 0 Å². The van der Waals surface area contributed by atoms with Crippen LogP contribution in [0.5, 0.6) is 0 Å². The fourth-order valence-electron chi connectivity index (χ4n) is 2.66. The first-order valence-corrected chi connectivity index (χ1v) is 7.20. The molecule has 0 saturated carbocycles. The Morgan fingerprint density at radius 3 is 2.28 bits per heavy atom. The van der Waals surface area contributed by atoms with Crippen molar-refractivity contribution in [2.24, 2.45) is 5.41 Å². The molecule has 0 aromatic rings. The third kappa shape index (κ3) is 3.71. The fourth-order valence-corrected chi connectivity index (χ4v) is 2.66. The Hall–Kier alpha value is -0.570. The van der Waals surface area contributed by atoms with Gasteiger partial charge in [0.25, 0.3) is 0 Å². The van der Waals surface area contributed by atoms with E-state index in [1.807, 2.05) is 27.7 Å². The second kappa shape index (κ2) is 5.60. The van der Waals surface area contributed by atoms with Crippen LogP contribution < -0.4 is 0 Å². The van der Waals surface area contributed by atoms with Gasteiger partial charge >= 0.3 is 5.97 Å². The summed E-state index contributed by atoms with van der Waals surface area (Å²) < 4.78 is 5.47. The first-order chi connectivity index (χ1) is 8.23. The SMILES string of the molecule is CCC1(CC)CCN(C(C)C(=O)OC(C)(C)C)C1. The molecule has 3 nitrogen and oxygen atoms in total. The Labute approximate surface area is 112 Å². The molecule has 1 heterocycles. The largest absolute Gasteiger partial charge is 0.459 e. The van der Waals surface area contributed by atoms with Gasteiger partial charge < -0.3 is 4.74 Å². The van der Waals surface area contributed by atoms with Crippen molar-refractivity contribution in [3.8, 4) is 0 Å². The van der Waals surface area contributed by atoms with E-state index < -0.39 is 5.60 Å². The van der Waals surface area contributed by atoms with Crippen molar-refractivity contribution < 1.29 is 9.53 Å². The molecule has 1 unspecified atom stereocenters. The molecule has 0 radical (unpaired) electrons. The van der Waals surface area contributed by atoms with Gasteiger partial charge in [-0.15, -0.1) is 0 Å². The molecule has 3 heteroatoms. The smallest absolute Gasteiger partial charge is 0.323 e. The Kier molecular flexibility index (Phi) is 4.82. The lowest BCUT2D eigenvalue weighted by Gasteiger charge is -2.30. The van der Waals surface area contributed by atoms with Crippen LogP contribution in [0, 0.1) is 5.41 Å². The molecule has 18 heavy (non-hydrogen) atoms. The predicted molar refractivity (Wildman–Crippen MR) is 74.5 cm³/mol. The van der Waals surface area contributed by atoms with E-state index in [1.54, 1.807) is 0 Å². The van der Waals surface area contributed by atoms with Crippen molar-refractivity contribution in [1.82, 2.24) is 4.90 Å². The molecule has 106 valence electrons. The Bertz CT molecular complexity index is 289. The van der Waals surface area contributed by atoms with Gasteiger partial charge in [-0.05, 0) is 58.9 Å². The van der Waals surface area contributed by atoms with Crippen LogP contribution in [0.4, 0.5) is 0 Å². The van der Waals surface area contributed by atoms with Crippen molar-refractivity contribution in [2.45, 2.75) is 72.4 Å². The number of esters is 1. The van der Waals surface area contributed by atoms with Crippen LogP contribution in [0.25, 0.3) is 0 Å². The zero-order valence-electron chi connectivity index (χ0n) is 12.9. The summed E-state index contributed by atoms with van der Waals surface area (Å²) in [6.45, 7) is 14.3. The quantitative estimate of drug-likeness (QED) is 0.722. The number of nitrogens with zero attached hydrogens (tertiary/aromatic N) is 1. The maximum absolute atomic E-state index is 12.1. The van der Waals surface area contributed by atoms with Crippen molar-refractivity contribution in [3.05, 3.63) is 0 Å². The summed E-state index contributed by atoms with van der Waals surface area (Å²) in [5, 5.41) is 0. The number of ether oxygens (including phenoxy) is 1. The Morgan fingerprint density at radius 2 is 1.89 bits per heavy atom. The first kappa shape index (κ1) is 15.5. The number of carbonyl (C=O) groups is 1.